The molecule has 0 amide bonds. The number of hydrogen-bond acceptors (Lipinski definition) is 6. The van der Waals surface area contributed by atoms with Gasteiger partial charge in [0.05, 0.1) is 10.8 Å². The first kappa shape index (κ1) is 19.2. The van der Waals surface area contributed by atoms with Gasteiger partial charge in [0.2, 0.25) is 21.7 Å². The van der Waals surface area contributed by atoms with E-state index in [0.717, 1.165) is 17.7 Å². The predicted molar refractivity (Wildman–Crippen MR) is 104 cm³/mol. The molecule has 0 radical (unpaired) electrons. The lowest BCUT2D eigenvalue weighted by Gasteiger charge is -2.30. The van der Waals surface area contributed by atoms with Gasteiger partial charge in [0.15, 0.2) is 5.76 Å². The molecule has 148 valence electrons. The summed E-state index contributed by atoms with van der Waals surface area (Å²) in [5.74, 6) is 1.91. The molecule has 1 saturated heterocycles. The van der Waals surface area contributed by atoms with Crippen molar-refractivity contribution in [1.29, 1.82) is 0 Å². The fourth-order valence-corrected chi connectivity index (χ4v) is 5.10. The van der Waals surface area contributed by atoms with Crippen LogP contribution in [-0.2, 0) is 10.0 Å². The van der Waals surface area contributed by atoms with E-state index in [0.29, 0.717) is 35.5 Å². The van der Waals surface area contributed by atoms with E-state index in [-0.39, 0.29) is 17.4 Å². The summed E-state index contributed by atoms with van der Waals surface area (Å²) in [5.41, 5.74) is 0.837. The zero-order chi connectivity index (χ0) is 19.9. The summed E-state index contributed by atoms with van der Waals surface area (Å²) in [6.07, 6.45) is 1.49. The molecule has 0 spiro atoms. The molecular formula is C19H20ClN3O4S. The van der Waals surface area contributed by atoms with E-state index in [1.165, 1.54) is 10.4 Å². The molecule has 9 heteroatoms. The zero-order valence-corrected chi connectivity index (χ0v) is 17.1. The minimum Gasteiger partial charge on any atom is -0.458 e. The number of halogens is 1. The van der Waals surface area contributed by atoms with Gasteiger partial charge in [0.1, 0.15) is 5.76 Å². The number of benzene rings is 1. The molecule has 0 bridgehead atoms. The van der Waals surface area contributed by atoms with E-state index in [1.54, 1.807) is 18.2 Å². The fourth-order valence-electron chi connectivity index (χ4n) is 3.30. The second-order valence-corrected chi connectivity index (χ2v) is 9.32. The molecule has 0 N–H and O–H groups in total. The average molecular weight is 422 g/mol. The normalized spacial score (nSPS) is 18.5. The molecule has 1 aliphatic heterocycles. The van der Waals surface area contributed by atoms with Crippen LogP contribution >= 0.6 is 11.6 Å². The van der Waals surface area contributed by atoms with Gasteiger partial charge >= 0.3 is 0 Å². The summed E-state index contributed by atoms with van der Waals surface area (Å²) < 4.78 is 38.5. The first-order valence-corrected chi connectivity index (χ1v) is 10.8. The standard InChI is InChI=1S/C19H20ClN3O4S/c1-12-5-7-15(10-16(12)20)28(24,25)23-9-3-4-14(11-23)19-21-18(22-27-19)17-8-6-13(2)26-17/h5-8,10,14H,3-4,9,11H2,1-2H3/t14-/m1/s1. The number of sulfonamides is 1. The number of hydrogen-bond donors (Lipinski definition) is 0. The van der Waals surface area contributed by atoms with Crippen molar-refractivity contribution < 1.29 is 17.4 Å². The van der Waals surface area contributed by atoms with Crippen LogP contribution in [0.3, 0.4) is 0 Å². The molecule has 7 nitrogen and oxygen atoms in total. The maximum Gasteiger partial charge on any atom is 0.243 e. The van der Waals surface area contributed by atoms with Crippen molar-refractivity contribution in [3.63, 3.8) is 0 Å². The van der Waals surface area contributed by atoms with Crippen LogP contribution < -0.4 is 0 Å². The molecule has 28 heavy (non-hydrogen) atoms. The third kappa shape index (κ3) is 3.59. The Hall–Kier alpha value is -2.16. The first-order chi connectivity index (χ1) is 13.3. The molecule has 2 aromatic heterocycles. The molecule has 0 aliphatic carbocycles. The molecular weight excluding hydrogens is 402 g/mol. The minimum atomic E-state index is -3.64. The Labute approximate surface area is 168 Å². The van der Waals surface area contributed by atoms with Crippen molar-refractivity contribution in [1.82, 2.24) is 14.4 Å². The fraction of sp³-hybridized carbons (Fsp3) is 0.368. The number of aromatic nitrogens is 2. The highest BCUT2D eigenvalue weighted by Crippen LogP contribution is 2.31. The van der Waals surface area contributed by atoms with Crippen LogP contribution in [0, 0.1) is 13.8 Å². The third-order valence-corrected chi connectivity index (χ3v) is 7.19. The Morgan fingerprint density at radius 2 is 2.04 bits per heavy atom. The van der Waals surface area contributed by atoms with Gasteiger partial charge in [-0.2, -0.15) is 9.29 Å². The number of piperidine rings is 1. The minimum absolute atomic E-state index is 0.165. The van der Waals surface area contributed by atoms with Crippen LogP contribution in [0.2, 0.25) is 5.02 Å². The Morgan fingerprint density at radius 1 is 1.21 bits per heavy atom. The highest BCUT2D eigenvalue weighted by molar-refractivity contribution is 7.89. The van der Waals surface area contributed by atoms with Crippen LogP contribution in [0.15, 0.2) is 44.2 Å². The number of furan rings is 1. The lowest BCUT2D eigenvalue weighted by molar-refractivity contribution is 0.265. The average Bonchev–Trinajstić information content (AvgIpc) is 3.33. The van der Waals surface area contributed by atoms with Crippen LogP contribution in [-0.4, -0.2) is 36.0 Å². The third-order valence-electron chi connectivity index (χ3n) is 4.92. The first-order valence-electron chi connectivity index (χ1n) is 9.01. The zero-order valence-electron chi connectivity index (χ0n) is 15.6. The molecule has 3 aromatic rings. The van der Waals surface area contributed by atoms with Gasteiger partial charge in [-0.15, -0.1) is 0 Å². The van der Waals surface area contributed by atoms with Crippen molar-refractivity contribution >= 4 is 21.6 Å². The topological polar surface area (TPSA) is 89.4 Å². The summed E-state index contributed by atoms with van der Waals surface area (Å²) >= 11 is 6.12. The molecule has 0 saturated carbocycles. The molecule has 4 rings (SSSR count). The highest BCUT2D eigenvalue weighted by Gasteiger charge is 2.33. The summed E-state index contributed by atoms with van der Waals surface area (Å²) in [5, 5.41) is 4.41. The maximum atomic E-state index is 13.0. The number of aryl methyl sites for hydroxylation is 2. The number of nitrogens with zero attached hydrogens (tertiary/aromatic N) is 3. The van der Waals surface area contributed by atoms with Crippen LogP contribution in [0.5, 0.6) is 0 Å². The van der Waals surface area contributed by atoms with Gasteiger partial charge < -0.3 is 8.94 Å². The summed E-state index contributed by atoms with van der Waals surface area (Å²) in [7, 11) is -3.64. The van der Waals surface area contributed by atoms with E-state index in [4.69, 9.17) is 20.5 Å². The Morgan fingerprint density at radius 3 is 2.75 bits per heavy atom. The molecule has 3 heterocycles. The maximum absolute atomic E-state index is 13.0. The van der Waals surface area contributed by atoms with Crippen molar-refractivity contribution in [3.05, 3.63) is 52.6 Å². The summed E-state index contributed by atoms with van der Waals surface area (Å²) in [4.78, 5) is 4.61. The number of rotatable bonds is 4. The van der Waals surface area contributed by atoms with Crippen LogP contribution in [0.4, 0.5) is 0 Å². The van der Waals surface area contributed by atoms with Gasteiger partial charge in [-0.05, 0) is 56.5 Å². The van der Waals surface area contributed by atoms with Crippen molar-refractivity contribution in [3.8, 4) is 11.6 Å². The van der Waals surface area contributed by atoms with Gasteiger partial charge in [-0.3, -0.25) is 0 Å². The Kier molecular flexibility index (Phi) is 5.03. The highest BCUT2D eigenvalue weighted by atomic mass is 35.5. The van der Waals surface area contributed by atoms with Gasteiger partial charge in [0.25, 0.3) is 0 Å². The SMILES string of the molecule is Cc1ccc(-c2noc([C@@H]3CCCN(S(=O)(=O)c4ccc(C)c(Cl)c4)C3)n2)o1. The summed E-state index contributed by atoms with van der Waals surface area (Å²) in [6.45, 7) is 4.41. The van der Waals surface area contributed by atoms with Gasteiger partial charge in [0, 0.05) is 18.1 Å². The monoisotopic (exact) mass is 421 g/mol. The van der Waals surface area contributed by atoms with E-state index >= 15 is 0 Å². The van der Waals surface area contributed by atoms with Crippen molar-refractivity contribution in [2.24, 2.45) is 0 Å². The van der Waals surface area contributed by atoms with Crippen LogP contribution in [0.25, 0.3) is 11.6 Å². The van der Waals surface area contributed by atoms with Gasteiger partial charge in [-0.1, -0.05) is 22.8 Å². The molecule has 1 fully saturated rings. The van der Waals surface area contributed by atoms with E-state index in [9.17, 15) is 8.42 Å². The second-order valence-electron chi connectivity index (χ2n) is 6.98. The van der Waals surface area contributed by atoms with E-state index in [2.05, 4.69) is 10.1 Å². The lowest BCUT2D eigenvalue weighted by atomic mass is 10.00. The van der Waals surface area contributed by atoms with Crippen LogP contribution in [0.1, 0.15) is 36.0 Å². The summed E-state index contributed by atoms with van der Waals surface area (Å²) in [6, 6.07) is 8.41. The van der Waals surface area contributed by atoms with E-state index in [1.807, 2.05) is 19.9 Å². The predicted octanol–water partition coefficient (Wildman–Crippen LogP) is 4.17. The lowest BCUT2D eigenvalue weighted by Crippen LogP contribution is -2.39. The van der Waals surface area contributed by atoms with Crippen molar-refractivity contribution in [2.75, 3.05) is 13.1 Å². The van der Waals surface area contributed by atoms with Gasteiger partial charge in [-0.25, -0.2) is 8.42 Å². The molecule has 1 aromatic carbocycles. The second kappa shape index (κ2) is 7.35. The largest absolute Gasteiger partial charge is 0.458 e. The Bertz CT molecular complexity index is 1110. The molecule has 0 unspecified atom stereocenters. The molecule has 1 atom stereocenters. The molecule has 1 aliphatic rings. The quantitative estimate of drug-likeness (QED) is 0.628. The van der Waals surface area contributed by atoms with E-state index < -0.39 is 10.0 Å². The van der Waals surface area contributed by atoms with Crippen molar-refractivity contribution in [2.45, 2.75) is 37.5 Å². The smallest absolute Gasteiger partial charge is 0.243 e. The Balaban J connectivity index is 1.56.